The molecule has 1 aliphatic rings. The summed E-state index contributed by atoms with van der Waals surface area (Å²) in [6.45, 7) is 10.5. The first-order valence-electron chi connectivity index (χ1n) is 5.63. The van der Waals surface area contributed by atoms with Gasteiger partial charge in [0.15, 0.2) is 0 Å². The second-order valence-corrected chi connectivity index (χ2v) is 5.22. The van der Waals surface area contributed by atoms with E-state index in [4.69, 9.17) is 0 Å². The van der Waals surface area contributed by atoms with Crippen molar-refractivity contribution in [2.24, 2.45) is 23.2 Å². The zero-order chi connectivity index (χ0) is 10.9. The summed E-state index contributed by atoms with van der Waals surface area (Å²) in [5.74, 6) is 1.36. The van der Waals surface area contributed by atoms with Crippen LogP contribution in [0.5, 0.6) is 0 Å². The Morgan fingerprint density at radius 2 is 2.00 bits per heavy atom. The molecule has 0 aromatic heterocycles. The summed E-state index contributed by atoms with van der Waals surface area (Å²) >= 11 is 0. The Morgan fingerprint density at radius 3 is 2.43 bits per heavy atom. The molecule has 0 aromatic carbocycles. The predicted molar refractivity (Wildman–Crippen MR) is 60.0 cm³/mol. The maximum atomic E-state index is 11.9. The van der Waals surface area contributed by atoms with Gasteiger partial charge in [0, 0.05) is 11.8 Å². The van der Waals surface area contributed by atoms with Crippen LogP contribution in [0.4, 0.5) is 0 Å². The largest absolute Gasteiger partial charge is 0.299 e. The molecule has 1 saturated carbocycles. The summed E-state index contributed by atoms with van der Waals surface area (Å²) < 4.78 is 0. The number of allylic oxidation sites excluding steroid dienone is 2. The molecule has 14 heavy (non-hydrogen) atoms. The van der Waals surface area contributed by atoms with Crippen molar-refractivity contribution in [2.75, 3.05) is 0 Å². The van der Waals surface area contributed by atoms with Crippen molar-refractivity contribution in [3.8, 4) is 0 Å². The molecule has 2 atom stereocenters. The van der Waals surface area contributed by atoms with Crippen molar-refractivity contribution < 1.29 is 4.79 Å². The molecule has 1 nitrogen and oxygen atoms in total. The lowest BCUT2D eigenvalue weighted by Gasteiger charge is -2.04. The number of ketones is 1. The molecule has 0 bridgehead atoms. The highest BCUT2D eigenvalue weighted by Gasteiger charge is 2.59. The molecule has 0 radical (unpaired) electrons. The first-order chi connectivity index (χ1) is 6.42. The first kappa shape index (κ1) is 11.5. The van der Waals surface area contributed by atoms with Gasteiger partial charge in [-0.3, -0.25) is 4.79 Å². The predicted octanol–water partition coefficient (Wildman–Crippen LogP) is 3.45. The molecule has 1 aliphatic carbocycles. The van der Waals surface area contributed by atoms with Crippen LogP contribution in [0.15, 0.2) is 12.2 Å². The van der Waals surface area contributed by atoms with Gasteiger partial charge in [-0.25, -0.2) is 0 Å². The zero-order valence-electron chi connectivity index (χ0n) is 10.0. The van der Waals surface area contributed by atoms with Crippen molar-refractivity contribution >= 4 is 5.78 Å². The van der Waals surface area contributed by atoms with Crippen LogP contribution in [0.1, 0.15) is 41.0 Å². The molecule has 1 fully saturated rings. The molecule has 0 aromatic rings. The standard InChI is InChI=1S/C13H22O/c1-6-7-8-10-11(13(10,4)5)12(14)9(2)3/h7-11H,6H2,1-5H3/b8-7-/t10-,11+/m0/s1. The van der Waals surface area contributed by atoms with Crippen LogP contribution in [-0.2, 0) is 4.79 Å². The second kappa shape index (κ2) is 3.88. The van der Waals surface area contributed by atoms with Gasteiger partial charge in [-0.05, 0) is 17.8 Å². The molecule has 0 saturated heterocycles. The lowest BCUT2D eigenvalue weighted by Crippen LogP contribution is -2.12. The number of hydrogen-bond donors (Lipinski definition) is 0. The van der Waals surface area contributed by atoms with Gasteiger partial charge in [-0.15, -0.1) is 0 Å². The average molecular weight is 194 g/mol. The first-order valence-corrected chi connectivity index (χ1v) is 5.63. The minimum atomic E-state index is 0.180. The average Bonchev–Trinajstić information content (AvgIpc) is 2.63. The molecule has 0 spiro atoms. The molecule has 0 N–H and O–H groups in total. The number of hydrogen-bond acceptors (Lipinski definition) is 1. The lowest BCUT2D eigenvalue weighted by molar-refractivity contribution is -0.123. The molecule has 0 aliphatic heterocycles. The van der Waals surface area contributed by atoms with Gasteiger partial charge in [0.25, 0.3) is 0 Å². The lowest BCUT2D eigenvalue weighted by atomic mass is 9.99. The zero-order valence-corrected chi connectivity index (χ0v) is 10.0. The SMILES string of the molecule is CC/C=C\[C@H]1[C@H](C(=O)C(C)C)C1(C)C. The third kappa shape index (κ3) is 1.92. The van der Waals surface area contributed by atoms with Gasteiger partial charge in [-0.1, -0.05) is 46.8 Å². The van der Waals surface area contributed by atoms with E-state index in [9.17, 15) is 4.79 Å². The third-order valence-electron chi connectivity index (χ3n) is 3.37. The number of Topliss-reactive ketones (excluding diaryl/α,β-unsaturated/α-hetero) is 1. The van der Waals surface area contributed by atoms with Crippen LogP contribution in [-0.4, -0.2) is 5.78 Å². The molecule has 0 amide bonds. The summed E-state index contributed by atoms with van der Waals surface area (Å²) in [5.41, 5.74) is 0.201. The Labute approximate surface area is 87.6 Å². The van der Waals surface area contributed by atoms with E-state index >= 15 is 0 Å². The van der Waals surface area contributed by atoms with Gasteiger partial charge in [0.05, 0.1) is 0 Å². The molecule has 1 heteroatoms. The molecule has 0 unspecified atom stereocenters. The number of rotatable bonds is 4. The third-order valence-corrected chi connectivity index (χ3v) is 3.37. The molecule has 80 valence electrons. The molecular weight excluding hydrogens is 172 g/mol. The Hall–Kier alpha value is -0.590. The fourth-order valence-corrected chi connectivity index (χ4v) is 2.22. The second-order valence-electron chi connectivity index (χ2n) is 5.22. The quantitative estimate of drug-likeness (QED) is 0.626. The monoisotopic (exact) mass is 194 g/mol. The Bertz CT molecular complexity index is 248. The fraction of sp³-hybridized carbons (Fsp3) is 0.769. The van der Waals surface area contributed by atoms with Crippen molar-refractivity contribution in [3.05, 3.63) is 12.2 Å². The van der Waals surface area contributed by atoms with E-state index in [-0.39, 0.29) is 17.3 Å². The maximum Gasteiger partial charge on any atom is 0.139 e. The molecule has 0 heterocycles. The van der Waals surface area contributed by atoms with Crippen molar-refractivity contribution in [1.82, 2.24) is 0 Å². The van der Waals surface area contributed by atoms with Crippen LogP contribution in [0.25, 0.3) is 0 Å². The molecular formula is C13H22O. The van der Waals surface area contributed by atoms with Gasteiger partial charge >= 0.3 is 0 Å². The summed E-state index contributed by atoms with van der Waals surface area (Å²) in [4.78, 5) is 11.9. The highest BCUT2D eigenvalue weighted by molar-refractivity contribution is 5.87. The minimum absolute atomic E-state index is 0.180. The van der Waals surface area contributed by atoms with Gasteiger partial charge in [-0.2, -0.15) is 0 Å². The topological polar surface area (TPSA) is 17.1 Å². The van der Waals surface area contributed by atoms with E-state index in [2.05, 4.69) is 32.9 Å². The summed E-state index contributed by atoms with van der Waals surface area (Å²) in [6.07, 6.45) is 5.47. The van der Waals surface area contributed by atoms with E-state index in [1.807, 2.05) is 13.8 Å². The van der Waals surface area contributed by atoms with Gasteiger partial charge in [0.1, 0.15) is 5.78 Å². The van der Waals surface area contributed by atoms with E-state index in [0.717, 1.165) is 6.42 Å². The molecule has 1 rings (SSSR count). The maximum absolute atomic E-state index is 11.9. The van der Waals surface area contributed by atoms with Gasteiger partial charge in [0.2, 0.25) is 0 Å². The van der Waals surface area contributed by atoms with Crippen molar-refractivity contribution in [3.63, 3.8) is 0 Å². The Morgan fingerprint density at radius 1 is 1.43 bits per heavy atom. The number of carbonyl (C=O) groups excluding carboxylic acids is 1. The van der Waals surface area contributed by atoms with E-state index in [1.54, 1.807) is 0 Å². The normalized spacial score (nSPS) is 29.9. The Kier molecular flexibility index (Phi) is 3.18. The Balaban J connectivity index is 2.66. The van der Waals surface area contributed by atoms with Crippen LogP contribution >= 0.6 is 0 Å². The highest BCUT2D eigenvalue weighted by atomic mass is 16.1. The highest BCUT2D eigenvalue weighted by Crippen LogP contribution is 2.60. The van der Waals surface area contributed by atoms with E-state index < -0.39 is 0 Å². The van der Waals surface area contributed by atoms with Crippen molar-refractivity contribution in [2.45, 2.75) is 41.0 Å². The van der Waals surface area contributed by atoms with Crippen molar-refractivity contribution in [1.29, 1.82) is 0 Å². The van der Waals surface area contributed by atoms with E-state index in [1.165, 1.54) is 0 Å². The number of carbonyl (C=O) groups is 1. The van der Waals surface area contributed by atoms with Gasteiger partial charge < -0.3 is 0 Å². The van der Waals surface area contributed by atoms with E-state index in [0.29, 0.717) is 11.7 Å². The van der Waals surface area contributed by atoms with Crippen LogP contribution in [0, 0.1) is 23.2 Å². The summed E-state index contributed by atoms with van der Waals surface area (Å²) in [5, 5.41) is 0. The summed E-state index contributed by atoms with van der Waals surface area (Å²) in [7, 11) is 0. The van der Waals surface area contributed by atoms with Crippen LogP contribution in [0.2, 0.25) is 0 Å². The smallest absolute Gasteiger partial charge is 0.139 e. The van der Waals surface area contributed by atoms with Crippen LogP contribution in [0.3, 0.4) is 0 Å². The summed E-state index contributed by atoms with van der Waals surface area (Å²) in [6, 6.07) is 0. The van der Waals surface area contributed by atoms with Crippen LogP contribution < -0.4 is 0 Å². The fourth-order valence-electron chi connectivity index (χ4n) is 2.22. The minimum Gasteiger partial charge on any atom is -0.299 e.